The molecule has 0 amide bonds. The molecule has 1 unspecified atom stereocenters. The molecule has 0 saturated carbocycles. The van der Waals surface area contributed by atoms with Crippen molar-refractivity contribution in [1.82, 2.24) is 5.32 Å². The standard InChI is InChI=1S/C10H8F5N.C2H2O4.CH4/c11-5-1-6(12)10(15)7(9(5)14)8(13)4-2-16-3-4;3-1(4)2(5)6;/h1,4,8,16H,2-3H2;(H,3,4)(H,5,6);1H4. The molecular formula is C13H14F5NO4. The Morgan fingerprint density at radius 1 is 1.04 bits per heavy atom. The van der Waals surface area contributed by atoms with E-state index in [1.807, 2.05) is 0 Å². The maximum atomic E-state index is 13.6. The van der Waals surface area contributed by atoms with Gasteiger partial charge in [0.15, 0.2) is 23.3 Å². The minimum Gasteiger partial charge on any atom is -0.473 e. The molecule has 3 N–H and O–H groups in total. The van der Waals surface area contributed by atoms with Gasteiger partial charge in [0.2, 0.25) is 0 Å². The van der Waals surface area contributed by atoms with Crippen molar-refractivity contribution in [2.45, 2.75) is 13.6 Å². The third kappa shape index (κ3) is 4.88. The zero-order valence-corrected chi connectivity index (χ0v) is 10.7. The molecule has 2 rings (SSSR count). The summed E-state index contributed by atoms with van der Waals surface area (Å²) in [5, 5.41) is 17.5. The van der Waals surface area contributed by atoms with Gasteiger partial charge in [-0.25, -0.2) is 31.5 Å². The van der Waals surface area contributed by atoms with Crippen molar-refractivity contribution in [2.75, 3.05) is 13.1 Å². The molecule has 5 nitrogen and oxygen atoms in total. The number of halogens is 5. The fourth-order valence-electron chi connectivity index (χ4n) is 1.59. The van der Waals surface area contributed by atoms with Crippen molar-refractivity contribution < 1.29 is 41.8 Å². The molecule has 0 bridgehead atoms. The summed E-state index contributed by atoms with van der Waals surface area (Å²) in [6, 6.07) is 0.0694. The van der Waals surface area contributed by atoms with E-state index in [9.17, 15) is 22.0 Å². The summed E-state index contributed by atoms with van der Waals surface area (Å²) in [6.07, 6.45) is -2.04. The van der Waals surface area contributed by atoms with Gasteiger partial charge >= 0.3 is 11.9 Å². The summed E-state index contributed by atoms with van der Waals surface area (Å²) in [5.74, 6) is -10.8. The molecule has 23 heavy (non-hydrogen) atoms. The first-order chi connectivity index (χ1) is 10.2. The molecule has 1 aliphatic heterocycles. The normalized spacial score (nSPS) is 14.7. The van der Waals surface area contributed by atoms with Gasteiger partial charge < -0.3 is 15.5 Å². The summed E-state index contributed by atoms with van der Waals surface area (Å²) < 4.78 is 65.6. The van der Waals surface area contributed by atoms with Crippen molar-refractivity contribution in [1.29, 1.82) is 0 Å². The highest BCUT2D eigenvalue weighted by Gasteiger charge is 2.34. The van der Waals surface area contributed by atoms with Crippen LogP contribution in [0.2, 0.25) is 0 Å². The molecule has 1 fully saturated rings. The Labute approximate surface area is 127 Å². The average Bonchev–Trinajstić information content (AvgIpc) is 2.35. The highest BCUT2D eigenvalue weighted by Crippen LogP contribution is 2.34. The Balaban J connectivity index is 0.000000599. The molecule has 0 aromatic heterocycles. The van der Waals surface area contributed by atoms with E-state index in [4.69, 9.17) is 19.8 Å². The number of benzene rings is 1. The number of hydrogen-bond donors (Lipinski definition) is 3. The van der Waals surface area contributed by atoms with Crippen molar-refractivity contribution >= 4 is 11.9 Å². The number of rotatable bonds is 2. The van der Waals surface area contributed by atoms with E-state index in [0.717, 1.165) is 0 Å². The van der Waals surface area contributed by atoms with E-state index < -0.39 is 52.9 Å². The monoisotopic (exact) mass is 343 g/mol. The van der Waals surface area contributed by atoms with Crippen molar-refractivity contribution in [3.63, 3.8) is 0 Å². The van der Waals surface area contributed by atoms with E-state index in [1.165, 1.54) is 0 Å². The van der Waals surface area contributed by atoms with Crippen molar-refractivity contribution in [3.8, 4) is 0 Å². The third-order valence-electron chi connectivity index (χ3n) is 2.83. The summed E-state index contributed by atoms with van der Waals surface area (Å²) in [7, 11) is 0. The van der Waals surface area contributed by atoms with Gasteiger partial charge in [0.1, 0.15) is 6.17 Å². The molecule has 1 aliphatic rings. The lowest BCUT2D eigenvalue weighted by Gasteiger charge is -2.30. The minimum atomic E-state index is -2.04. The van der Waals surface area contributed by atoms with Gasteiger partial charge in [-0.3, -0.25) is 0 Å². The van der Waals surface area contributed by atoms with Crippen LogP contribution in [0.1, 0.15) is 19.2 Å². The van der Waals surface area contributed by atoms with E-state index in [0.29, 0.717) is 0 Å². The second-order valence-corrected chi connectivity index (χ2v) is 4.31. The first-order valence-corrected chi connectivity index (χ1v) is 5.80. The van der Waals surface area contributed by atoms with Crippen LogP contribution < -0.4 is 5.32 Å². The zero-order valence-electron chi connectivity index (χ0n) is 10.7. The van der Waals surface area contributed by atoms with Crippen LogP contribution in [0.15, 0.2) is 6.07 Å². The van der Waals surface area contributed by atoms with Crippen LogP contribution in [0.3, 0.4) is 0 Å². The second-order valence-electron chi connectivity index (χ2n) is 4.31. The molecule has 1 aromatic carbocycles. The van der Waals surface area contributed by atoms with Crippen LogP contribution in [0, 0.1) is 29.2 Å². The smallest absolute Gasteiger partial charge is 0.414 e. The first kappa shape index (κ1) is 20.8. The van der Waals surface area contributed by atoms with Crippen LogP contribution in [-0.2, 0) is 9.59 Å². The number of hydrogen-bond acceptors (Lipinski definition) is 3. The Kier molecular flexibility index (Phi) is 7.60. The Morgan fingerprint density at radius 2 is 1.43 bits per heavy atom. The molecule has 0 radical (unpaired) electrons. The van der Waals surface area contributed by atoms with E-state index in [2.05, 4.69) is 5.32 Å². The number of carboxylic acid groups (broad SMARTS) is 2. The SMILES string of the molecule is C.Fc1cc(F)c(F)c(C(F)C2CNC2)c1F.O=C(O)C(=O)O. The number of carbonyl (C=O) groups is 2. The van der Waals surface area contributed by atoms with E-state index >= 15 is 0 Å². The quantitative estimate of drug-likeness (QED) is 0.436. The fourth-order valence-corrected chi connectivity index (χ4v) is 1.59. The minimum absolute atomic E-state index is 0. The number of aliphatic carboxylic acids is 2. The lowest BCUT2D eigenvalue weighted by molar-refractivity contribution is -0.159. The maximum Gasteiger partial charge on any atom is 0.414 e. The summed E-state index contributed by atoms with van der Waals surface area (Å²) in [5.41, 5.74) is -1.15. The molecule has 10 heteroatoms. The fraction of sp³-hybridized carbons (Fsp3) is 0.385. The van der Waals surface area contributed by atoms with Crippen molar-refractivity contribution in [3.05, 3.63) is 34.9 Å². The van der Waals surface area contributed by atoms with Gasteiger partial charge in [-0.15, -0.1) is 0 Å². The molecular weight excluding hydrogens is 329 g/mol. The number of carboxylic acids is 2. The molecule has 1 aromatic rings. The van der Waals surface area contributed by atoms with Crippen LogP contribution in [0.5, 0.6) is 0 Å². The van der Waals surface area contributed by atoms with Gasteiger partial charge in [0.25, 0.3) is 0 Å². The van der Waals surface area contributed by atoms with Gasteiger partial charge in [0, 0.05) is 25.1 Å². The van der Waals surface area contributed by atoms with Gasteiger partial charge in [0.05, 0.1) is 5.56 Å². The predicted octanol–water partition coefficient (Wildman–Crippen LogP) is 2.26. The Morgan fingerprint density at radius 3 is 1.70 bits per heavy atom. The maximum absolute atomic E-state index is 13.6. The van der Waals surface area contributed by atoms with Gasteiger partial charge in [-0.05, 0) is 0 Å². The molecule has 130 valence electrons. The summed E-state index contributed by atoms with van der Waals surface area (Å²) >= 11 is 0. The molecule has 0 aliphatic carbocycles. The van der Waals surface area contributed by atoms with Crippen LogP contribution in [-0.4, -0.2) is 35.2 Å². The number of alkyl halides is 1. The first-order valence-electron chi connectivity index (χ1n) is 5.80. The molecule has 1 saturated heterocycles. The average molecular weight is 343 g/mol. The van der Waals surface area contributed by atoms with Crippen LogP contribution in [0.25, 0.3) is 0 Å². The Bertz CT molecular complexity index is 554. The summed E-state index contributed by atoms with van der Waals surface area (Å²) in [6.45, 7) is 0.469. The number of nitrogens with one attached hydrogen (secondary N) is 1. The lowest BCUT2D eigenvalue weighted by Crippen LogP contribution is -2.44. The van der Waals surface area contributed by atoms with Crippen LogP contribution >= 0.6 is 0 Å². The highest BCUT2D eigenvalue weighted by molar-refractivity contribution is 6.27. The topological polar surface area (TPSA) is 86.6 Å². The van der Waals surface area contributed by atoms with E-state index in [-0.39, 0.29) is 26.6 Å². The zero-order chi connectivity index (χ0) is 17.0. The summed E-state index contributed by atoms with van der Waals surface area (Å²) in [4.78, 5) is 18.2. The highest BCUT2D eigenvalue weighted by atomic mass is 19.2. The third-order valence-corrected chi connectivity index (χ3v) is 2.83. The lowest BCUT2D eigenvalue weighted by atomic mass is 9.91. The second kappa shape index (κ2) is 8.42. The van der Waals surface area contributed by atoms with Crippen molar-refractivity contribution in [2.24, 2.45) is 5.92 Å². The van der Waals surface area contributed by atoms with Gasteiger partial charge in [-0.1, -0.05) is 7.43 Å². The molecule has 1 heterocycles. The largest absolute Gasteiger partial charge is 0.473 e. The Hall–Kier alpha value is -2.23. The molecule has 0 spiro atoms. The molecule has 1 atom stereocenters. The van der Waals surface area contributed by atoms with Gasteiger partial charge in [-0.2, -0.15) is 0 Å². The predicted molar refractivity (Wildman–Crippen MR) is 68.5 cm³/mol. The van der Waals surface area contributed by atoms with Crippen LogP contribution in [0.4, 0.5) is 22.0 Å². The van der Waals surface area contributed by atoms with E-state index in [1.54, 1.807) is 0 Å².